The SMILES string of the molecule is CN(C)C(=O)CNc1ccc(C(=O)NC2CCCCC2)cc1. The molecule has 0 spiro atoms. The molecule has 1 aliphatic rings. The summed E-state index contributed by atoms with van der Waals surface area (Å²) in [6, 6.07) is 7.57. The molecule has 2 N–H and O–H groups in total. The number of nitrogens with one attached hydrogen (secondary N) is 2. The highest BCUT2D eigenvalue weighted by atomic mass is 16.2. The van der Waals surface area contributed by atoms with Gasteiger partial charge in [-0.15, -0.1) is 0 Å². The van der Waals surface area contributed by atoms with Crippen LogP contribution in [0.25, 0.3) is 0 Å². The summed E-state index contributed by atoms with van der Waals surface area (Å²) in [6.45, 7) is 0.251. The molecule has 0 heterocycles. The van der Waals surface area contributed by atoms with Crippen molar-refractivity contribution in [1.29, 1.82) is 0 Å². The molecule has 120 valence electrons. The van der Waals surface area contributed by atoms with E-state index in [2.05, 4.69) is 10.6 Å². The van der Waals surface area contributed by atoms with Crippen molar-refractivity contribution in [3.8, 4) is 0 Å². The number of carbonyl (C=O) groups excluding carboxylic acids is 2. The van der Waals surface area contributed by atoms with Gasteiger partial charge in [-0.25, -0.2) is 0 Å². The van der Waals surface area contributed by atoms with Gasteiger partial charge in [-0.05, 0) is 37.1 Å². The zero-order chi connectivity index (χ0) is 15.9. The zero-order valence-electron chi connectivity index (χ0n) is 13.4. The minimum absolute atomic E-state index is 0.0113. The number of hydrogen-bond donors (Lipinski definition) is 2. The third-order valence-electron chi connectivity index (χ3n) is 4.03. The molecule has 1 aromatic carbocycles. The highest BCUT2D eigenvalue weighted by molar-refractivity contribution is 5.94. The van der Waals surface area contributed by atoms with Crippen LogP contribution < -0.4 is 10.6 Å². The first-order valence-electron chi connectivity index (χ1n) is 7.91. The van der Waals surface area contributed by atoms with E-state index in [1.807, 2.05) is 12.1 Å². The Hall–Kier alpha value is -2.04. The summed E-state index contributed by atoms with van der Waals surface area (Å²) in [4.78, 5) is 25.2. The van der Waals surface area contributed by atoms with Crippen LogP contribution in [0.1, 0.15) is 42.5 Å². The topological polar surface area (TPSA) is 61.4 Å². The van der Waals surface area contributed by atoms with Gasteiger partial charge in [0.15, 0.2) is 0 Å². The van der Waals surface area contributed by atoms with E-state index in [-0.39, 0.29) is 18.4 Å². The maximum atomic E-state index is 12.2. The Bertz CT molecular complexity index is 505. The van der Waals surface area contributed by atoms with Crippen LogP contribution >= 0.6 is 0 Å². The molecule has 0 aromatic heterocycles. The number of hydrogen-bond acceptors (Lipinski definition) is 3. The second-order valence-electron chi connectivity index (χ2n) is 6.03. The molecule has 2 amide bonds. The average molecular weight is 303 g/mol. The zero-order valence-corrected chi connectivity index (χ0v) is 13.4. The van der Waals surface area contributed by atoms with Gasteiger partial charge in [-0.3, -0.25) is 9.59 Å². The Balaban J connectivity index is 1.85. The van der Waals surface area contributed by atoms with Gasteiger partial charge in [0.1, 0.15) is 0 Å². The lowest BCUT2D eigenvalue weighted by molar-refractivity contribution is -0.126. The lowest BCUT2D eigenvalue weighted by Gasteiger charge is -2.22. The van der Waals surface area contributed by atoms with Gasteiger partial charge < -0.3 is 15.5 Å². The number of rotatable bonds is 5. The molecule has 1 aromatic rings. The first-order chi connectivity index (χ1) is 10.6. The molecule has 0 unspecified atom stereocenters. The minimum atomic E-state index is -0.0113. The van der Waals surface area contributed by atoms with Crippen LogP contribution in [0.3, 0.4) is 0 Å². The number of amides is 2. The van der Waals surface area contributed by atoms with Crippen molar-refractivity contribution in [1.82, 2.24) is 10.2 Å². The van der Waals surface area contributed by atoms with Gasteiger partial charge in [0.05, 0.1) is 6.54 Å². The maximum absolute atomic E-state index is 12.2. The molecule has 0 atom stereocenters. The van der Waals surface area contributed by atoms with Crippen molar-refractivity contribution >= 4 is 17.5 Å². The standard InChI is InChI=1S/C17H25N3O2/c1-20(2)16(21)12-18-14-10-8-13(9-11-14)17(22)19-15-6-4-3-5-7-15/h8-11,15,18H,3-7,12H2,1-2H3,(H,19,22). The van der Waals surface area contributed by atoms with Crippen LogP contribution in [0.4, 0.5) is 5.69 Å². The summed E-state index contributed by atoms with van der Waals surface area (Å²) in [6.07, 6.45) is 5.84. The molecule has 0 aliphatic heterocycles. The van der Waals surface area contributed by atoms with Gasteiger partial charge in [-0.2, -0.15) is 0 Å². The number of benzene rings is 1. The van der Waals surface area contributed by atoms with Crippen molar-refractivity contribution in [2.75, 3.05) is 26.0 Å². The number of likely N-dealkylation sites (N-methyl/N-ethyl adjacent to an activating group) is 1. The van der Waals surface area contributed by atoms with Crippen molar-refractivity contribution in [2.24, 2.45) is 0 Å². The first kappa shape index (κ1) is 16.3. The highest BCUT2D eigenvalue weighted by Crippen LogP contribution is 2.18. The Labute approximate surface area is 132 Å². The Morgan fingerprint density at radius 2 is 1.73 bits per heavy atom. The predicted molar refractivity (Wildman–Crippen MR) is 88.0 cm³/mol. The van der Waals surface area contributed by atoms with Crippen LogP contribution in [-0.2, 0) is 4.79 Å². The summed E-state index contributed by atoms with van der Waals surface area (Å²) in [5, 5.41) is 6.15. The molecule has 1 saturated carbocycles. The molecule has 1 aliphatic carbocycles. The highest BCUT2D eigenvalue weighted by Gasteiger charge is 2.16. The van der Waals surface area contributed by atoms with Crippen LogP contribution in [0.5, 0.6) is 0 Å². The van der Waals surface area contributed by atoms with Crippen LogP contribution in [0.2, 0.25) is 0 Å². The smallest absolute Gasteiger partial charge is 0.251 e. The van der Waals surface area contributed by atoms with Crippen LogP contribution in [-0.4, -0.2) is 43.4 Å². The van der Waals surface area contributed by atoms with Gasteiger partial charge in [-0.1, -0.05) is 19.3 Å². The number of nitrogens with zero attached hydrogens (tertiary/aromatic N) is 1. The van der Waals surface area contributed by atoms with E-state index in [1.54, 1.807) is 31.1 Å². The molecular weight excluding hydrogens is 278 g/mol. The average Bonchev–Trinajstić information content (AvgIpc) is 2.54. The Morgan fingerprint density at radius 3 is 2.32 bits per heavy atom. The van der Waals surface area contributed by atoms with Gasteiger partial charge in [0, 0.05) is 31.4 Å². The summed E-state index contributed by atoms with van der Waals surface area (Å²) in [5.74, 6) is 0.00179. The molecule has 22 heavy (non-hydrogen) atoms. The quantitative estimate of drug-likeness (QED) is 0.877. The van der Waals surface area contributed by atoms with E-state index in [9.17, 15) is 9.59 Å². The molecular formula is C17H25N3O2. The minimum Gasteiger partial charge on any atom is -0.376 e. The van der Waals surface area contributed by atoms with Crippen LogP contribution in [0.15, 0.2) is 24.3 Å². The normalized spacial score (nSPS) is 15.2. The monoisotopic (exact) mass is 303 g/mol. The van der Waals surface area contributed by atoms with E-state index in [1.165, 1.54) is 19.3 Å². The van der Waals surface area contributed by atoms with Crippen LogP contribution in [0, 0.1) is 0 Å². The molecule has 5 heteroatoms. The summed E-state index contributed by atoms with van der Waals surface area (Å²) < 4.78 is 0. The van der Waals surface area contributed by atoms with E-state index in [4.69, 9.17) is 0 Å². The van der Waals surface area contributed by atoms with E-state index >= 15 is 0 Å². The summed E-state index contributed by atoms with van der Waals surface area (Å²) in [7, 11) is 3.45. The predicted octanol–water partition coefficient (Wildman–Crippen LogP) is 2.25. The van der Waals surface area contributed by atoms with E-state index in [0.717, 1.165) is 18.5 Å². The van der Waals surface area contributed by atoms with Crippen molar-refractivity contribution < 1.29 is 9.59 Å². The fraction of sp³-hybridized carbons (Fsp3) is 0.529. The van der Waals surface area contributed by atoms with Crippen molar-refractivity contribution in [3.05, 3.63) is 29.8 Å². The van der Waals surface area contributed by atoms with Gasteiger partial charge in [0.25, 0.3) is 5.91 Å². The number of anilines is 1. The fourth-order valence-electron chi connectivity index (χ4n) is 2.59. The summed E-state index contributed by atoms with van der Waals surface area (Å²) >= 11 is 0. The molecule has 0 radical (unpaired) electrons. The Kier molecular flexibility index (Phi) is 5.81. The second kappa shape index (κ2) is 7.82. The van der Waals surface area contributed by atoms with Gasteiger partial charge in [0.2, 0.25) is 5.91 Å². The molecule has 0 saturated heterocycles. The first-order valence-corrected chi connectivity index (χ1v) is 7.91. The number of carbonyl (C=O) groups is 2. The third-order valence-corrected chi connectivity index (χ3v) is 4.03. The fourth-order valence-corrected chi connectivity index (χ4v) is 2.59. The molecule has 1 fully saturated rings. The Morgan fingerprint density at radius 1 is 1.09 bits per heavy atom. The molecule has 5 nitrogen and oxygen atoms in total. The van der Waals surface area contributed by atoms with Crippen molar-refractivity contribution in [3.63, 3.8) is 0 Å². The maximum Gasteiger partial charge on any atom is 0.251 e. The largest absolute Gasteiger partial charge is 0.376 e. The van der Waals surface area contributed by atoms with Crippen molar-refractivity contribution in [2.45, 2.75) is 38.1 Å². The van der Waals surface area contributed by atoms with E-state index < -0.39 is 0 Å². The molecule has 0 bridgehead atoms. The lowest BCUT2D eigenvalue weighted by atomic mass is 9.95. The third kappa shape index (κ3) is 4.76. The summed E-state index contributed by atoms with van der Waals surface area (Å²) in [5.41, 5.74) is 1.50. The second-order valence-corrected chi connectivity index (χ2v) is 6.03. The van der Waals surface area contributed by atoms with Gasteiger partial charge >= 0.3 is 0 Å². The molecule has 2 rings (SSSR count). The van der Waals surface area contributed by atoms with E-state index in [0.29, 0.717) is 11.6 Å². The lowest BCUT2D eigenvalue weighted by Crippen LogP contribution is -2.36.